The third kappa shape index (κ3) is 3.57. The van der Waals surface area contributed by atoms with Crippen molar-refractivity contribution in [2.45, 2.75) is 6.42 Å². The summed E-state index contributed by atoms with van der Waals surface area (Å²) >= 11 is 0. The van der Waals surface area contributed by atoms with Crippen LogP contribution >= 0.6 is 0 Å². The molecule has 0 saturated carbocycles. The minimum absolute atomic E-state index is 0.0328. The van der Waals surface area contributed by atoms with Gasteiger partial charge in [0, 0.05) is 14.1 Å². The fourth-order valence-electron chi connectivity index (χ4n) is 1.97. The number of hydrogen-bond donors (Lipinski definition) is 2. The number of aromatic hydroxyl groups is 1. The lowest BCUT2D eigenvalue weighted by molar-refractivity contribution is -0.120. The molecule has 0 fully saturated rings. The molecule has 0 aliphatic carbocycles. The van der Waals surface area contributed by atoms with Gasteiger partial charge in [-0.2, -0.15) is 5.10 Å². The third-order valence-electron chi connectivity index (χ3n) is 3.33. The van der Waals surface area contributed by atoms with Crippen LogP contribution < -0.4 is 16.7 Å². The molecule has 126 valence electrons. The maximum Gasteiger partial charge on any atom is 0.333 e. The van der Waals surface area contributed by atoms with E-state index in [1.165, 1.54) is 38.4 Å². The average molecular weight is 334 g/mol. The maximum atomic E-state index is 12.8. The quantitative estimate of drug-likeness (QED) is 0.587. The summed E-state index contributed by atoms with van der Waals surface area (Å²) in [5.41, 5.74) is 1.12. The number of aromatic nitrogens is 2. The fourth-order valence-corrected chi connectivity index (χ4v) is 1.97. The first kappa shape index (κ1) is 17.1. The zero-order valence-corrected chi connectivity index (χ0v) is 13.0. The summed E-state index contributed by atoms with van der Waals surface area (Å²) < 4.78 is 14.5. The van der Waals surface area contributed by atoms with Crippen molar-refractivity contribution in [2.24, 2.45) is 19.2 Å². The molecule has 9 heteroatoms. The molecular weight excluding hydrogens is 319 g/mol. The lowest BCUT2D eigenvalue weighted by Crippen LogP contribution is -2.38. The van der Waals surface area contributed by atoms with Crippen LogP contribution in [0.3, 0.4) is 0 Å². The second kappa shape index (κ2) is 6.90. The van der Waals surface area contributed by atoms with Gasteiger partial charge in [0.1, 0.15) is 11.4 Å². The zero-order chi connectivity index (χ0) is 17.9. The highest BCUT2D eigenvalue weighted by Gasteiger charge is 2.13. The number of carbonyl (C=O) groups excluding carboxylic acids is 1. The predicted octanol–water partition coefficient (Wildman–Crippen LogP) is -0.379. The molecule has 2 rings (SSSR count). The van der Waals surface area contributed by atoms with Gasteiger partial charge in [0.15, 0.2) is 0 Å². The van der Waals surface area contributed by atoms with E-state index < -0.39 is 28.9 Å². The van der Waals surface area contributed by atoms with Gasteiger partial charge in [0.25, 0.3) is 5.56 Å². The second-order valence-corrected chi connectivity index (χ2v) is 5.04. The molecule has 1 aromatic heterocycles. The summed E-state index contributed by atoms with van der Waals surface area (Å²) in [6.07, 6.45) is 0.925. The minimum atomic E-state index is -0.743. The first-order valence-electron chi connectivity index (χ1n) is 6.86. The van der Waals surface area contributed by atoms with Crippen LogP contribution in [0.5, 0.6) is 5.88 Å². The van der Waals surface area contributed by atoms with Gasteiger partial charge in [-0.1, -0.05) is 12.1 Å². The molecule has 1 heterocycles. The Morgan fingerprint density at radius 2 is 1.88 bits per heavy atom. The van der Waals surface area contributed by atoms with E-state index in [0.717, 1.165) is 15.3 Å². The molecular formula is C15H15FN4O4. The van der Waals surface area contributed by atoms with Crippen molar-refractivity contribution < 1.29 is 14.3 Å². The number of nitrogens with zero attached hydrogens (tertiary/aromatic N) is 3. The maximum absolute atomic E-state index is 12.8. The standard InChI is InChI=1S/C15H15FN4O4/c1-19-13(22)11(14(23)20(2)15(19)24)8-17-18-12(21)7-9-3-5-10(16)6-4-9/h3-6,8,22H,7H2,1-2H3,(H,18,21)/b17-8-. The predicted molar refractivity (Wildman–Crippen MR) is 84.4 cm³/mol. The van der Waals surface area contributed by atoms with E-state index in [9.17, 15) is 23.9 Å². The highest BCUT2D eigenvalue weighted by atomic mass is 19.1. The molecule has 0 atom stereocenters. The molecule has 2 N–H and O–H groups in total. The number of rotatable bonds is 4. The fraction of sp³-hybridized carbons (Fsp3) is 0.200. The molecule has 0 spiro atoms. The summed E-state index contributed by atoms with van der Waals surface area (Å²) in [4.78, 5) is 35.2. The Bertz CT molecular complexity index is 913. The number of halogens is 1. The SMILES string of the molecule is Cn1c(O)c(/C=N\NC(=O)Cc2ccc(F)cc2)c(=O)n(C)c1=O. The molecule has 1 amide bonds. The van der Waals surface area contributed by atoms with E-state index in [0.29, 0.717) is 5.56 Å². The van der Waals surface area contributed by atoms with Gasteiger partial charge in [-0.25, -0.2) is 14.6 Å². The van der Waals surface area contributed by atoms with E-state index in [4.69, 9.17) is 0 Å². The average Bonchev–Trinajstić information content (AvgIpc) is 2.56. The Morgan fingerprint density at radius 3 is 2.50 bits per heavy atom. The van der Waals surface area contributed by atoms with Crippen LogP contribution in [0.25, 0.3) is 0 Å². The van der Waals surface area contributed by atoms with Crippen LogP contribution in [-0.2, 0) is 25.3 Å². The number of hydrogen-bond acceptors (Lipinski definition) is 5. The van der Waals surface area contributed by atoms with E-state index >= 15 is 0 Å². The molecule has 0 bridgehead atoms. The Hall–Kier alpha value is -3.23. The first-order chi connectivity index (χ1) is 11.3. The normalized spacial score (nSPS) is 11.0. The Kier molecular flexibility index (Phi) is 4.93. The van der Waals surface area contributed by atoms with Gasteiger partial charge < -0.3 is 5.11 Å². The summed E-state index contributed by atoms with van der Waals surface area (Å²) in [5.74, 6) is -1.45. The Labute approximate surface area is 135 Å². The van der Waals surface area contributed by atoms with E-state index in [1.54, 1.807) is 0 Å². The topological polar surface area (TPSA) is 106 Å². The molecule has 1 aromatic carbocycles. The molecule has 0 radical (unpaired) electrons. The van der Waals surface area contributed by atoms with E-state index in [1.807, 2.05) is 0 Å². The number of hydrazone groups is 1. The van der Waals surface area contributed by atoms with Gasteiger partial charge >= 0.3 is 5.69 Å². The Balaban J connectivity index is 2.12. The second-order valence-electron chi connectivity index (χ2n) is 5.04. The molecule has 24 heavy (non-hydrogen) atoms. The van der Waals surface area contributed by atoms with Crippen molar-refractivity contribution in [3.05, 3.63) is 62.0 Å². The Morgan fingerprint density at radius 1 is 1.25 bits per heavy atom. The molecule has 8 nitrogen and oxygen atoms in total. The minimum Gasteiger partial charge on any atom is -0.494 e. The van der Waals surface area contributed by atoms with Crippen LogP contribution in [0.2, 0.25) is 0 Å². The summed E-state index contributed by atoms with van der Waals surface area (Å²) in [7, 11) is 2.55. The molecule has 0 saturated heterocycles. The van der Waals surface area contributed by atoms with Crippen molar-refractivity contribution in [3.63, 3.8) is 0 Å². The number of benzene rings is 1. The molecule has 2 aromatic rings. The summed E-state index contributed by atoms with van der Waals surface area (Å²) in [6, 6.07) is 5.40. The number of carbonyl (C=O) groups is 1. The first-order valence-corrected chi connectivity index (χ1v) is 6.86. The highest BCUT2D eigenvalue weighted by molar-refractivity contribution is 5.84. The van der Waals surface area contributed by atoms with Crippen LogP contribution in [0.4, 0.5) is 4.39 Å². The van der Waals surface area contributed by atoms with Gasteiger partial charge in [-0.3, -0.25) is 18.7 Å². The molecule has 0 unspecified atom stereocenters. The number of nitrogens with one attached hydrogen (secondary N) is 1. The smallest absolute Gasteiger partial charge is 0.333 e. The monoisotopic (exact) mass is 334 g/mol. The molecule has 0 aliphatic rings. The zero-order valence-electron chi connectivity index (χ0n) is 13.0. The largest absolute Gasteiger partial charge is 0.494 e. The van der Waals surface area contributed by atoms with Crippen LogP contribution in [0, 0.1) is 5.82 Å². The van der Waals surface area contributed by atoms with Crippen LogP contribution in [0.1, 0.15) is 11.1 Å². The van der Waals surface area contributed by atoms with Gasteiger partial charge in [0.2, 0.25) is 11.8 Å². The van der Waals surface area contributed by atoms with Crippen molar-refractivity contribution in [1.29, 1.82) is 0 Å². The van der Waals surface area contributed by atoms with Gasteiger partial charge in [0.05, 0.1) is 12.6 Å². The van der Waals surface area contributed by atoms with Crippen LogP contribution in [-0.4, -0.2) is 26.4 Å². The van der Waals surface area contributed by atoms with Gasteiger partial charge in [-0.05, 0) is 17.7 Å². The van der Waals surface area contributed by atoms with Crippen molar-refractivity contribution in [1.82, 2.24) is 14.6 Å². The summed E-state index contributed by atoms with van der Waals surface area (Å²) in [5, 5.41) is 13.4. The lowest BCUT2D eigenvalue weighted by atomic mass is 10.1. The lowest BCUT2D eigenvalue weighted by Gasteiger charge is -2.07. The summed E-state index contributed by atoms with van der Waals surface area (Å²) in [6.45, 7) is 0. The van der Waals surface area contributed by atoms with Crippen molar-refractivity contribution >= 4 is 12.1 Å². The molecule has 0 aliphatic heterocycles. The highest BCUT2D eigenvalue weighted by Crippen LogP contribution is 2.06. The van der Waals surface area contributed by atoms with Gasteiger partial charge in [-0.15, -0.1) is 0 Å². The van der Waals surface area contributed by atoms with E-state index in [-0.39, 0.29) is 12.0 Å². The third-order valence-corrected chi connectivity index (χ3v) is 3.33. The number of amides is 1. The van der Waals surface area contributed by atoms with Crippen molar-refractivity contribution in [2.75, 3.05) is 0 Å². The van der Waals surface area contributed by atoms with Crippen LogP contribution in [0.15, 0.2) is 39.0 Å². The van der Waals surface area contributed by atoms with E-state index in [2.05, 4.69) is 10.5 Å². The van der Waals surface area contributed by atoms with Crippen molar-refractivity contribution in [3.8, 4) is 5.88 Å².